The van der Waals surface area contributed by atoms with Gasteiger partial charge in [0, 0.05) is 12.1 Å². The summed E-state index contributed by atoms with van der Waals surface area (Å²) in [6.07, 6.45) is 4.95. The number of hydrogen-bond acceptors (Lipinski definition) is 4. The molecule has 3 rings (SSSR count). The zero-order valence-corrected chi connectivity index (χ0v) is 15.8. The lowest BCUT2D eigenvalue weighted by Gasteiger charge is -2.11. The smallest absolute Gasteiger partial charge is 0.302 e. The summed E-state index contributed by atoms with van der Waals surface area (Å²) in [4.78, 5) is 12.1. The molecule has 1 fully saturated rings. The third-order valence-corrected chi connectivity index (χ3v) is 5.69. The van der Waals surface area contributed by atoms with E-state index in [1.807, 2.05) is 36.4 Å². The molecule has 0 radical (unpaired) electrons. The molecule has 5 nitrogen and oxygen atoms in total. The van der Waals surface area contributed by atoms with E-state index in [1.54, 1.807) is 13.2 Å². The Bertz CT molecular complexity index is 971. The number of benzene rings is 2. The molecular weight excluding hydrogens is 369 g/mol. The molecule has 144 valence electrons. The molecule has 0 unspecified atom stereocenters. The second-order valence-corrected chi connectivity index (χ2v) is 8.31. The van der Waals surface area contributed by atoms with Crippen molar-refractivity contribution in [2.75, 3.05) is 12.9 Å². The summed E-state index contributed by atoms with van der Waals surface area (Å²) in [7, 11) is -2.84. The predicted octanol–water partition coefficient (Wildman–Crippen LogP) is 3.45. The maximum absolute atomic E-state index is 12.8. The topological polar surface area (TPSA) is 72.5 Å². The fraction of sp³-hybridized carbons (Fsp3) is 0.350. The number of amides is 1. The van der Waals surface area contributed by atoms with Crippen LogP contribution in [-0.2, 0) is 15.0 Å². The Morgan fingerprint density at radius 2 is 1.96 bits per heavy atom. The summed E-state index contributed by atoms with van der Waals surface area (Å²) in [5.41, 5.74) is 0.899. The summed E-state index contributed by atoms with van der Waals surface area (Å²) in [6.45, 7) is 0. The van der Waals surface area contributed by atoms with Gasteiger partial charge < -0.3 is 10.1 Å². The van der Waals surface area contributed by atoms with E-state index >= 15 is 0 Å². The minimum atomic E-state index is -4.46. The van der Waals surface area contributed by atoms with Crippen molar-refractivity contribution in [3.05, 3.63) is 48.0 Å². The zero-order valence-electron chi connectivity index (χ0n) is 15.0. The van der Waals surface area contributed by atoms with Crippen molar-refractivity contribution in [3.8, 4) is 5.75 Å². The van der Waals surface area contributed by atoms with Gasteiger partial charge in [-0.3, -0.25) is 4.79 Å². The van der Waals surface area contributed by atoms with Crippen LogP contribution in [0.3, 0.4) is 0 Å². The van der Waals surface area contributed by atoms with Gasteiger partial charge in [0.2, 0.25) is 5.91 Å². The fourth-order valence-electron chi connectivity index (χ4n) is 3.53. The quantitative estimate of drug-likeness (QED) is 0.605. The Kier molecular flexibility index (Phi) is 5.79. The van der Waals surface area contributed by atoms with E-state index in [4.69, 9.17) is 4.74 Å². The molecule has 1 amide bonds. The molecule has 2 aromatic rings. The molecule has 0 saturated heterocycles. The number of rotatable bonds is 6. The molecule has 0 bridgehead atoms. The molecule has 2 aromatic carbocycles. The second kappa shape index (κ2) is 8.08. The molecule has 0 aromatic heterocycles. The van der Waals surface area contributed by atoms with Crippen molar-refractivity contribution < 1.29 is 21.8 Å². The Labute approximate surface area is 158 Å². The third kappa shape index (κ3) is 5.53. The highest BCUT2D eigenvalue weighted by atomic mass is 32.3. The SMILES string of the molecule is COc1ccc2cc(/C=C/C(=O)N[C@@H]3CC[C@H](CS(=O)(=O)F)C3)ccc2c1. The number of halogens is 1. The minimum Gasteiger partial charge on any atom is -0.497 e. The van der Waals surface area contributed by atoms with Gasteiger partial charge in [-0.1, -0.05) is 18.2 Å². The highest BCUT2D eigenvalue weighted by Gasteiger charge is 2.29. The van der Waals surface area contributed by atoms with Crippen molar-refractivity contribution in [1.29, 1.82) is 0 Å². The van der Waals surface area contributed by atoms with Crippen LogP contribution >= 0.6 is 0 Å². The Balaban J connectivity index is 1.58. The first kappa shape index (κ1) is 19.4. The van der Waals surface area contributed by atoms with E-state index in [0.717, 1.165) is 22.1 Å². The molecule has 1 aliphatic carbocycles. The van der Waals surface area contributed by atoms with Gasteiger partial charge in [-0.2, -0.15) is 8.42 Å². The third-order valence-electron chi connectivity index (χ3n) is 4.82. The Morgan fingerprint density at radius 3 is 2.70 bits per heavy atom. The minimum absolute atomic E-state index is 0.113. The first-order valence-electron chi connectivity index (χ1n) is 8.81. The molecule has 0 heterocycles. The van der Waals surface area contributed by atoms with Crippen LogP contribution in [0.2, 0.25) is 0 Å². The number of hydrogen-bond donors (Lipinski definition) is 1. The summed E-state index contributed by atoms with van der Waals surface area (Å²) in [6, 6.07) is 11.6. The standard InChI is InChI=1S/C20H22FNO4S/c1-26-19-8-6-16-10-14(2-5-17(16)12-19)4-9-20(23)22-18-7-3-15(11-18)13-27(21,24)25/h2,4-6,8-10,12,15,18H,3,7,11,13H2,1H3,(H,22,23)/b9-4+/t15-,18+/m0/s1. The predicted molar refractivity (Wildman–Crippen MR) is 104 cm³/mol. The van der Waals surface area contributed by atoms with Gasteiger partial charge in [-0.05, 0) is 65.8 Å². The summed E-state index contributed by atoms with van der Waals surface area (Å²) < 4.78 is 39.4. The average Bonchev–Trinajstić information content (AvgIpc) is 3.04. The average molecular weight is 391 g/mol. The molecule has 1 saturated carbocycles. The van der Waals surface area contributed by atoms with Gasteiger partial charge >= 0.3 is 10.2 Å². The van der Waals surface area contributed by atoms with Gasteiger partial charge in [0.15, 0.2) is 0 Å². The van der Waals surface area contributed by atoms with Crippen LogP contribution in [0.4, 0.5) is 3.89 Å². The highest BCUT2D eigenvalue weighted by Crippen LogP contribution is 2.27. The second-order valence-electron chi connectivity index (χ2n) is 6.90. The number of nitrogens with one attached hydrogen (secondary N) is 1. The van der Waals surface area contributed by atoms with Gasteiger partial charge in [-0.25, -0.2) is 0 Å². The number of ether oxygens (including phenoxy) is 1. The van der Waals surface area contributed by atoms with Crippen LogP contribution in [0, 0.1) is 5.92 Å². The van der Waals surface area contributed by atoms with Crippen LogP contribution in [0.15, 0.2) is 42.5 Å². The number of carbonyl (C=O) groups excluding carboxylic acids is 1. The Morgan fingerprint density at radius 1 is 1.22 bits per heavy atom. The van der Waals surface area contributed by atoms with Crippen molar-refractivity contribution in [1.82, 2.24) is 5.32 Å². The van der Waals surface area contributed by atoms with E-state index < -0.39 is 16.0 Å². The fourth-order valence-corrected chi connectivity index (χ4v) is 4.40. The van der Waals surface area contributed by atoms with Gasteiger partial charge in [0.25, 0.3) is 0 Å². The highest BCUT2D eigenvalue weighted by molar-refractivity contribution is 7.86. The molecule has 27 heavy (non-hydrogen) atoms. The normalized spacial score (nSPS) is 20.2. The van der Waals surface area contributed by atoms with Crippen molar-refractivity contribution in [2.45, 2.75) is 25.3 Å². The molecule has 2 atom stereocenters. The van der Waals surface area contributed by atoms with Gasteiger partial charge in [0.05, 0.1) is 12.9 Å². The Hall–Kier alpha value is -2.41. The first-order valence-corrected chi connectivity index (χ1v) is 10.4. The molecule has 7 heteroatoms. The number of carbonyl (C=O) groups is 1. The lowest BCUT2D eigenvalue weighted by Crippen LogP contribution is -2.31. The lowest BCUT2D eigenvalue weighted by molar-refractivity contribution is -0.117. The van der Waals surface area contributed by atoms with Gasteiger partial charge in [0.1, 0.15) is 5.75 Å². The summed E-state index contributed by atoms with van der Waals surface area (Å²) >= 11 is 0. The van der Waals surface area contributed by atoms with Crippen molar-refractivity contribution in [3.63, 3.8) is 0 Å². The molecule has 1 N–H and O–H groups in total. The van der Waals surface area contributed by atoms with E-state index in [-0.39, 0.29) is 17.9 Å². The first-order chi connectivity index (χ1) is 12.8. The largest absolute Gasteiger partial charge is 0.497 e. The van der Waals surface area contributed by atoms with Crippen molar-refractivity contribution >= 4 is 33.0 Å². The van der Waals surface area contributed by atoms with Crippen LogP contribution < -0.4 is 10.1 Å². The lowest BCUT2D eigenvalue weighted by atomic mass is 10.1. The summed E-state index contributed by atoms with van der Waals surface area (Å²) in [5, 5.41) is 4.95. The van der Waals surface area contributed by atoms with Gasteiger partial charge in [-0.15, -0.1) is 3.89 Å². The van der Waals surface area contributed by atoms with Crippen LogP contribution in [0.1, 0.15) is 24.8 Å². The summed E-state index contributed by atoms with van der Waals surface area (Å²) in [5.74, 6) is -0.136. The van der Waals surface area contributed by atoms with E-state index in [9.17, 15) is 17.1 Å². The van der Waals surface area contributed by atoms with E-state index in [0.29, 0.717) is 19.3 Å². The van der Waals surface area contributed by atoms with Crippen molar-refractivity contribution in [2.24, 2.45) is 5.92 Å². The van der Waals surface area contributed by atoms with E-state index in [2.05, 4.69) is 5.32 Å². The molecule has 1 aliphatic rings. The zero-order chi connectivity index (χ0) is 19.4. The maximum atomic E-state index is 12.8. The van der Waals surface area contributed by atoms with E-state index in [1.165, 1.54) is 6.08 Å². The number of fused-ring (bicyclic) bond motifs is 1. The molecule has 0 aliphatic heterocycles. The maximum Gasteiger partial charge on any atom is 0.302 e. The van der Waals surface area contributed by atoms with Crippen LogP contribution in [0.5, 0.6) is 5.75 Å². The van der Waals surface area contributed by atoms with Crippen LogP contribution in [0.25, 0.3) is 16.8 Å². The molecular formula is C20H22FNO4S. The number of methoxy groups -OCH3 is 1. The monoisotopic (exact) mass is 391 g/mol. The van der Waals surface area contributed by atoms with Crippen LogP contribution in [-0.4, -0.2) is 33.2 Å². The molecule has 0 spiro atoms.